The molecular formula is C10H11NO5. The predicted octanol–water partition coefficient (Wildman–Crippen LogP) is 1.55. The Hall–Kier alpha value is -2.11. The first kappa shape index (κ1) is 12.0. The first-order valence-corrected chi connectivity index (χ1v) is 4.67. The van der Waals surface area contributed by atoms with Gasteiger partial charge in [-0.05, 0) is 19.1 Å². The van der Waals surface area contributed by atoms with Gasteiger partial charge in [0.25, 0.3) is 5.70 Å². The molecule has 1 rings (SSSR count). The van der Waals surface area contributed by atoms with Gasteiger partial charge in [-0.15, -0.1) is 0 Å². The van der Waals surface area contributed by atoms with Gasteiger partial charge >= 0.3 is 5.97 Å². The first-order chi connectivity index (χ1) is 7.63. The summed E-state index contributed by atoms with van der Waals surface area (Å²) >= 11 is 0. The summed E-state index contributed by atoms with van der Waals surface area (Å²) in [7, 11) is 0. The number of nitrogens with zero attached hydrogens (tertiary/aromatic N) is 1. The molecule has 6 nitrogen and oxygen atoms in total. The van der Waals surface area contributed by atoms with Crippen LogP contribution in [0.1, 0.15) is 12.7 Å². The molecule has 0 unspecified atom stereocenters. The second-order valence-electron chi connectivity index (χ2n) is 2.90. The molecule has 0 aromatic carbocycles. The van der Waals surface area contributed by atoms with E-state index in [0.29, 0.717) is 5.76 Å². The van der Waals surface area contributed by atoms with Crippen LogP contribution in [0, 0.1) is 10.1 Å². The molecule has 6 heteroatoms. The van der Waals surface area contributed by atoms with Gasteiger partial charge in [-0.3, -0.25) is 10.1 Å². The summed E-state index contributed by atoms with van der Waals surface area (Å²) in [4.78, 5) is 21.1. The van der Waals surface area contributed by atoms with Crippen LogP contribution in [0.5, 0.6) is 0 Å². The zero-order valence-electron chi connectivity index (χ0n) is 8.71. The van der Waals surface area contributed by atoms with Gasteiger partial charge in [0, 0.05) is 0 Å². The normalized spacial score (nSPS) is 11.2. The number of allylic oxidation sites excluding steroid dienone is 1. The van der Waals surface area contributed by atoms with Gasteiger partial charge in [-0.25, -0.2) is 4.79 Å². The molecule has 1 heterocycles. The van der Waals surface area contributed by atoms with Gasteiger partial charge in [0.2, 0.25) is 0 Å². The number of nitro groups is 1. The molecule has 0 N–H and O–H groups in total. The molecule has 0 radical (unpaired) electrons. The molecule has 0 aliphatic rings. The molecule has 16 heavy (non-hydrogen) atoms. The van der Waals surface area contributed by atoms with Crippen molar-refractivity contribution in [3.8, 4) is 0 Å². The van der Waals surface area contributed by atoms with E-state index in [0.717, 1.165) is 6.08 Å². The summed E-state index contributed by atoms with van der Waals surface area (Å²) in [5.41, 5.74) is -0.256. The van der Waals surface area contributed by atoms with Crippen LogP contribution in [0.15, 0.2) is 34.6 Å². The van der Waals surface area contributed by atoms with E-state index in [4.69, 9.17) is 4.42 Å². The number of rotatable bonds is 5. The first-order valence-electron chi connectivity index (χ1n) is 4.67. The second kappa shape index (κ2) is 5.69. The Morgan fingerprint density at radius 3 is 2.94 bits per heavy atom. The van der Waals surface area contributed by atoms with Gasteiger partial charge in [0.1, 0.15) is 5.76 Å². The largest absolute Gasteiger partial charge is 0.469 e. The Kier molecular flexibility index (Phi) is 4.26. The highest BCUT2D eigenvalue weighted by molar-refractivity contribution is 5.82. The highest BCUT2D eigenvalue weighted by Crippen LogP contribution is 2.09. The summed E-state index contributed by atoms with van der Waals surface area (Å²) in [6.45, 7) is 1.81. The minimum absolute atomic E-state index is 0.0428. The third-order valence-electron chi connectivity index (χ3n) is 1.74. The molecule has 0 saturated carbocycles. The van der Waals surface area contributed by atoms with Crippen molar-refractivity contribution in [1.29, 1.82) is 0 Å². The molecule has 0 aliphatic heterocycles. The summed E-state index contributed by atoms with van der Waals surface area (Å²) in [5, 5.41) is 10.7. The van der Waals surface area contributed by atoms with Crippen molar-refractivity contribution in [1.82, 2.24) is 0 Å². The van der Waals surface area contributed by atoms with Crippen LogP contribution in [0.2, 0.25) is 0 Å². The summed E-state index contributed by atoms with van der Waals surface area (Å²) in [6.07, 6.45) is 2.24. The van der Waals surface area contributed by atoms with Crippen molar-refractivity contribution in [3.63, 3.8) is 0 Å². The van der Waals surface area contributed by atoms with Gasteiger partial charge in [0.05, 0.1) is 30.3 Å². The molecule has 0 atom stereocenters. The fourth-order valence-corrected chi connectivity index (χ4v) is 1.08. The lowest BCUT2D eigenvalue weighted by Gasteiger charge is -1.97. The number of esters is 1. The fraction of sp³-hybridized carbons (Fsp3) is 0.300. The number of ether oxygens (including phenoxy) is 1. The lowest BCUT2D eigenvalue weighted by Crippen LogP contribution is -2.08. The van der Waals surface area contributed by atoms with Gasteiger partial charge in [-0.2, -0.15) is 0 Å². The molecule has 0 fully saturated rings. The maximum absolute atomic E-state index is 11.1. The number of hydrogen-bond donors (Lipinski definition) is 0. The van der Waals surface area contributed by atoms with E-state index in [1.165, 1.54) is 6.26 Å². The van der Waals surface area contributed by atoms with Crippen molar-refractivity contribution in [2.45, 2.75) is 13.3 Å². The monoisotopic (exact) mass is 225 g/mol. The standard InChI is InChI=1S/C10H11NO5/c1-2-15-10(12)7-8(11(13)14)6-9-4-3-5-16-9/h3-5,7H,2,6H2,1H3/b8-7+. The molecule has 0 bridgehead atoms. The van der Waals surface area contributed by atoms with Crippen LogP contribution in [-0.2, 0) is 16.0 Å². The molecule has 1 aromatic rings. The Morgan fingerprint density at radius 1 is 1.69 bits per heavy atom. The Balaban J connectivity index is 2.75. The van der Waals surface area contributed by atoms with Crippen LogP contribution in [0.3, 0.4) is 0 Å². The van der Waals surface area contributed by atoms with E-state index >= 15 is 0 Å². The highest BCUT2D eigenvalue weighted by Gasteiger charge is 2.16. The van der Waals surface area contributed by atoms with E-state index < -0.39 is 10.9 Å². The minimum Gasteiger partial charge on any atom is -0.469 e. The summed E-state index contributed by atoms with van der Waals surface area (Å²) in [5.74, 6) is -0.298. The number of furan rings is 1. The van der Waals surface area contributed by atoms with Crippen molar-refractivity contribution in [2.75, 3.05) is 6.61 Å². The van der Waals surface area contributed by atoms with Gasteiger partial charge < -0.3 is 9.15 Å². The number of carbonyl (C=O) groups is 1. The molecule has 1 aromatic heterocycles. The third-order valence-corrected chi connectivity index (χ3v) is 1.74. The van der Waals surface area contributed by atoms with Gasteiger partial charge in [0.15, 0.2) is 0 Å². The maximum Gasteiger partial charge on any atom is 0.337 e. The smallest absolute Gasteiger partial charge is 0.337 e. The van der Waals surface area contributed by atoms with E-state index in [-0.39, 0.29) is 18.7 Å². The van der Waals surface area contributed by atoms with Crippen LogP contribution in [0.25, 0.3) is 0 Å². The minimum atomic E-state index is -0.722. The highest BCUT2D eigenvalue weighted by atomic mass is 16.6. The lowest BCUT2D eigenvalue weighted by atomic mass is 10.2. The van der Waals surface area contributed by atoms with Crippen LogP contribution in [-0.4, -0.2) is 17.5 Å². The van der Waals surface area contributed by atoms with Crippen LogP contribution >= 0.6 is 0 Å². The quantitative estimate of drug-likeness (QED) is 0.328. The third kappa shape index (κ3) is 3.56. The Morgan fingerprint density at radius 2 is 2.44 bits per heavy atom. The molecule has 0 aliphatic carbocycles. The molecule has 86 valence electrons. The van der Waals surface area contributed by atoms with E-state index in [1.54, 1.807) is 19.1 Å². The van der Waals surface area contributed by atoms with Crippen molar-refractivity contribution in [2.24, 2.45) is 0 Å². The van der Waals surface area contributed by atoms with Gasteiger partial charge in [-0.1, -0.05) is 0 Å². The van der Waals surface area contributed by atoms with Crippen LogP contribution < -0.4 is 0 Å². The van der Waals surface area contributed by atoms with Crippen LogP contribution in [0.4, 0.5) is 0 Å². The van der Waals surface area contributed by atoms with Crippen molar-refractivity contribution in [3.05, 3.63) is 46.0 Å². The van der Waals surface area contributed by atoms with E-state index in [9.17, 15) is 14.9 Å². The SMILES string of the molecule is CCOC(=O)/C=C(\Cc1ccco1)[N+](=O)[O-]. The predicted molar refractivity (Wildman–Crippen MR) is 54.1 cm³/mol. The van der Waals surface area contributed by atoms with Crippen molar-refractivity contribution < 1.29 is 18.9 Å². The average molecular weight is 225 g/mol. The van der Waals surface area contributed by atoms with E-state index in [2.05, 4.69) is 4.74 Å². The maximum atomic E-state index is 11.1. The second-order valence-corrected chi connectivity index (χ2v) is 2.90. The molecular weight excluding hydrogens is 214 g/mol. The lowest BCUT2D eigenvalue weighted by molar-refractivity contribution is -0.427. The number of carbonyl (C=O) groups excluding carboxylic acids is 1. The zero-order chi connectivity index (χ0) is 12.0. The molecule has 0 spiro atoms. The molecule has 0 saturated heterocycles. The number of hydrogen-bond acceptors (Lipinski definition) is 5. The summed E-state index contributed by atoms with van der Waals surface area (Å²) in [6, 6.07) is 3.22. The van der Waals surface area contributed by atoms with E-state index in [1.807, 2.05) is 0 Å². The summed E-state index contributed by atoms with van der Waals surface area (Å²) < 4.78 is 9.55. The molecule has 0 amide bonds. The fourth-order valence-electron chi connectivity index (χ4n) is 1.08. The topological polar surface area (TPSA) is 82.6 Å². The average Bonchev–Trinajstić information content (AvgIpc) is 2.69. The van der Waals surface area contributed by atoms with Crippen molar-refractivity contribution >= 4 is 5.97 Å². The Labute approximate surface area is 91.7 Å². The zero-order valence-corrected chi connectivity index (χ0v) is 8.71. The Bertz CT molecular complexity index is 393.